The van der Waals surface area contributed by atoms with Gasteiger partial charge in [0.15, 0.2) is 0 Å². The number of rotatable bonds is 3. The molecule has 0 aliphatic rings. The number of hydrogen-bond acceptors (Lipinski definition) is 3. The Morgan fingerprint density at radius 3 is 2.06 bits per heavy atom. The van der Waals surface area contributed by atoms with Crippen LogP contribution in [0.25, 0.3) is 0 Å². The molecule has 0 saturated heterocycles. The third kappa shape index (κ3) is 2.36. The second-order valence-electron chi connectivity index (χ2n) is 3.82. The molecule has 0 spiro atoms. The van der Waals surface area contributed by atoms with E-state index in [-0.39, 0.29) is 5.69 Å². The van der Waals surface area contributed by atoms with Gasteiger partial charge in [0, 0.05) is 12.1 Å². The molecule has 0 bridgehead atoms. The molecule has 0 aromatic heterocycles. The number of nitro benzene ring substituents is 1. The fourth-order valence-electron chi connectivity index (χ4n) is 1.78. The highest BCUT2D eigenvalue weighted by Gasteiger charge is 2.14. The summed E-state index contributed by atoms with van der Waals surface area (Å²) in [6.07, 6.45) is 0. The molecule has 18 heavy (non-hydrogen) atoms. The van der Waals surface area contributed by atoms with E-state index >= 15 is 0 Å². The lowest BCUT2D eigenvalue weighted by molar-refractivity contribution is -0.384. The van der Waals surface area contributed by atoms with Gasteiger partial charge in [0.2, 0.25) is 0 Å². The minimum atomic E-state index is -0.451. The van der Waals surface area contributed by atoms with Crippen LogP contribution < -0.4 is 0 Å². The number of non-ortho nitro benzene ring substituents is 1. The summed E-state index contributed by atoms with van der Waals surface area (Å²) in [6, 6.07) is 17.7. The lowest BCUT2D eigenvalue weighted by Crippen LogP contribution is -1.98. The monoisotopic (exact) mass is 238 g/mol. The van der Waals surface area contributed by atoms with Crippen molar-refractivity contribution in [2.75, 3.05) is 0 Å². The van der Waals surface area contributed by atoms with Crippen molar-refractivity contribution in [3.05, 3.63) is 75.8 Å². The first kappa shape index (κ1) is 11.8. The van der Waals surface area contributed by atoms with E-state index in [4.69, 9.17) is 0 Å². The molecule has 2 aromatic rings. The van der Waals surface area contributed by atoms with Gasteiger partial charge >= 0.3 is 0 Å². The SMILES string of the molecule is N#C[C@@H](c1ccccc1)c1ccc([N+](=O)[O-])cc1. The van der Waals surface area contributed by atoms with E-state index in [2.05, 4.69) is 6.07 Å². The van der Waals surface area contributed by atoms with Crippen molar-refractivity contribution in [2.45, 2.75) is 5.92 Å². The number of benzene rings is 2. The minimum Gasteiger partial charge on any atom is -0.258 e. The molecule has 1 atom stereocenters. The zero-order valence-corrected chi connectivity index (χ0v) is 9.48. The second kappa shape index (κ2) is 5.11. The lowest BCUT2D eigenvalue weighted by Gasteiger charge is -2.09. The standard InChI is InChI=1S/C14H10N2O2/c15-10-14(11-4-2-1-3-5-11)12-6-8-13(9-7-12)16(17)18/h1-9,14H/t14-/m0/s1. The molecular formula is C14H10N2O2. The summed E-state index contributed by atoms with van der Waals surface area (Å²) < 4.78 is 0. The van der Waals surface area contributed by atoms with Crippen LogP contribution in [0.2, 0.25) is 0 Å². The van der Waals surface area contributed by atoms with Crippen LogP contribution in [0.15, 0.2) is 54.6 Å². The molecular weight excluding hydrogens is 228 g/mol. The molecule has 4 nitrogen and oxygen atoms in total. The molecule has 4 heteroatoms. The van der Waals surface area contributed by atoms with Gasteiger partial charge in [0.1, 0.15) is 0 Å². The van der Waals surface area contributed by atoms with Crippen molar-refractivity contribution < 1.29 is 4.92 Å². The van der Waals surface area contributed by atoms with Crippen LogP contribution in [0.5, 0.6) is 0 Å². The molecule has 0 aliphatic heterocycles. The van der Waals surface area contributed by atoms with Crippen molar-refractivity contribution in [3.8, 4) is 6.07 Å². The van der Waals surface area contributed by atoms with Crippen LogP contribution in [-0.2, 0) is 0 Å². The quantitative estimate of drug-likeness (QED) is 0.608. The Kier molecular flexibility index (Phi) is 3.35. The molecule has 0 heterocycles. The summed E-state index contributed by atoms with van der Waals surface area (Å²) in [6.45, 7) is 0. The van der Waals surface area contributed by atoms with Crippen LogP contribution in [0, 0.1) is 21.4 Å². The summed E-state index contributed by atoms with van der Waals surface area (Å²) in [5.41, 5.74) is 1.67. The smallest absolute Gasteiger partial charge is 0.258 e. The molecule has 0 unspecified atom stereocenters. The molecule has 0 aliphatic carbocycles. The van der Waals surface area contributed by atoms with Gasteiger partial charge in [-0.2, -0.15) is 5.26 Å². The van der Waals surface area contributed by atoms with E-state index in [1.54, 1.807) is 12.1 Å². The average molecular weight is 238 g/mol. The number of hydrogen-bond donors (Lipinski definition) is 0. The van der Waals surface area contributed by atoms with E-state index in [0.29, 0.717) is 0 Å². The Balaban J connectivity index is 2.35. The molecule has 0 amide bonds. The van der Waals surface area contributed by atoms with Crippen molar-refractivity contribution in [1.29, 1.82) is 5.26 Å². The van der Waals surface area contributed by atoms with Crippen LogP contribution >= 0.6 is 0 Å². The first-order chi connectivity index (χ1) is 8.72. The van der Waals surface area contributed by atoms with Crippen LogP contribution in [0.1, 0.15) is 17.0 Å². The summed E-state index contributed by atoms with van der Waals surface area (Å²) in [4.78, 5) is 10.1. The highest BCUT2D eigenvalue weighted by molar-refractivity contribution is 5.42. The van der Waals surface area contributed by atoms with Gasteiger partial charge in [0.25, 0.3) is 5.69 Å². The Morgan fingerprint density at radius 2 is 1.56 bits per heavy atom. The van der Waals surface area contributed by atoms with Crippen LogP contribution in [-0.4, -0.2) is 4.92 Å². The van der Waals surface area contributed by atoms with Crippen molar-refractivity contribution in [1.82, 2.24) is 0 Å². The van der Waals surface area contributed by atoms with E-state index in [9.17, 15) is 15.4 Å². The summed E-state index contributed by atoms with van der Waals surface area (Å²) >= 11 is 0. The topological polar surface area (TPSA) is 66.9 Å². The van der Waals surface area contributed by atoms with Crippen LogP contribution in [0.4, 0.5) is 5.69 Å². The van der Waals surface area contributed by atoms with Gasteiger partial charge in [0.05, 0.1) is 16.9 Å². The van der Waals surface area contributed by atoms with Crippen molar-refractivity contribution >= 4 is 5.69 Å². The third-order valence-electron chi connectivity index (χ3n) is 2.70. The van der Waals surface area contributed by atoms with Gasteiger partial charge in [-0.05, 0) is 11.1 Å². The van der Waals surface area contributed by atoms with E-state index < -0.39 is 10.8 Å². The molecule has 2 rings (SSSR count). The van der Waals surface area contributed by atoms with Crippen molar-refractivity contribution in [3.63, 3.8) is 0 Å². The maximum Gasteiger partial charge on any atom is 0.269 e. The number of nitro groups is 1. The normalized spacial score (nSPS) is 11.5. The predicted octanol–water partition coefficient (Wildman–Crippen LogP) is 3.25. The fraction of sp³-hybridized carbons (Fsp3) is 0.0714. The Labute approximate surface area is 104 Å². The lowest BCUT2D eigenvalue weighted by atomic mass is 9.93. The summed E-state index contributed by atoms with van der Waals surface area (Å²) in [5.74, 6) is -0.396. The highest BCUT2D eigenvalue weighted by atomic mass is 16.6. The van der Waals surface area contributed by atoms with Crippen molar-refractivity contribution in [2.24, 2.45) is 0 Å². The average Bonchev–Trinajstić information content (AvgIpc) is 2.41. The van der Waals surface area contributed by atoms with Gasteiger partial charge in [-0.25, -0.2) is 0 Å². The zero-order valence-electron chi connectivity index (χ0n) is 9.48. The first-order valence-electron chi connectivity index (χ1n) is 5.41. The van der Waals surface area contributed by atoms with E-state index in [1.165, 1.54) is 12.1 Å². The molecule has 2 aromatic carbocycles. The fourth-order valence-corrected chi connectivity index (χ4v) is 1.78. The van der Waals surface area contributed by atoms with Crippen LogP contribution in [0.3, 0.4) is 0 Å². The van der Waals surface area contributed by atoms with E-state index in [0.717, 1.165) is 11.1 Å². The largest absolute Gasteiger partial charge is 0.269 e. The van der Waals surface area contributed by atoms with Gasteiger partial charge in [-0.15, -0.1) is 0 Å². The predicted molar refractivity (Wildman–Crippen MR) is 67.0 cm³/mol. The second-order valence-corrected chi connectivity index (χ2v) is 3.82. The zero-order chi connectivity index (χ0) is 13.0. The number of nitriles is 1. The van der Waals surface area contributed by atoms with E-state index in [1.807, 2.05) is 30.3 Å². The molecule has 0 saturated carbocycles. The molecule has 0 fully saturated rings. The minimum absolute atomic E-state index is 0.0310. The van der Waals surface area contributed by atoms with Gasteiger partial charge < -0.3 is 0 Å². The van der Waals surface area contributed by atoms with Gasteiger partial charge in [-0.3, -0.25) is 10.1 Å². The first-order valence-corrected chi connectivity index (χ1v) is 5.41. The Morgan fingerprint density at radius 1 is 1.00 bits per heavy atom. The Bertz CT molecular complexity index is 585. The summed E-state index contributed by atoms with van der Waals surface area (Å²) in [7, 11) is 0. The maximum atomic E-state index is 10.6. The summed E-state index contributed by atoms with van der Waals surface area (Å²) in [5, 5.41) is 19.8. The molecule has 88 valence electrons. The number of nitrogens with zero attached hydrogens (tertiary/aromatic N) is 2. The molecule has 0 radical (unpaired) electrons. The molecule has 0 N–H and O–H groups in total. The van der Waals surface area contributed by atoms with Gasteiger partial charge in [-0.1, -0.05) is 42.5 Å². The highest BCUT2D eigenvalue weighted by Crippen LogP contribution is 2.25. The third-order valence-corrected chi connectivity index (χ3v) is 2.70. The Hall–Kier alpha value is -2.67. The maximum absolute atomic E-state index is 10.6.